The zero-order valence-corrected chi connectivity index (χ0v) is 18.9. The van der Waals surface area contributed by atoms with Crippen molar-refractivity contribution in [1.29, 1.82) is 0 Å². The second-order valence-corrected chi connectivity index (χ2v) is 7.62. The van der Waals surface area contributed by atoms with Crippen LogP contribution < -0.4 is 20.4 Å². The Morgan fingerprint density at radius 1 is 1.03 bits per heavy atom. The summed E-state index contributed by atoms with van der Waals surface area (Å²) in [5, 5.41) is 7.60. The Morgan fingerprint density at radius 3 is 2.55 bits per heavy atom. The molecule has 1 saturated heterocycles. The molecule has 2 aromatic carbocycles. The highest BCUT2D eigenvalue weighted by atomic mass is 16.5. The maximum Gasteiger partial charge on any atom is 0.250 e. The molecular weight excluding hydrogens is 418 g/mol. The monoisotopic (exact) mass is 447 g/mol. The molecule has 0 saturated carbocycles. The smallest absolute Gasteiger partial charge is 0.250 e. The summed E-state index contributed by atoms with van der Waals surface area (Å²) in [6.45, 7) is 6.86. The number of para-hydroxylation sites is 2. The molecule has 0 radical (unpaired) electrons. The first-order valence-electron chi connectivity index (χ1n) is 11.2. The van der Waals surface area contributed by atoms with Crippen LogP contribution >= 0.6 is 0 Å². The molecule has 3 aromatic rings. The van der Waals surface area contributed by atoms with Crippen molar-refractivity contribution in [2.45, 2.75) is 26.4 Å². The first-order valence-corrected chi connectivity index (χ1v) is 11.2. The molecular formula is C24H29N7O2. The summed E-state index contributed by atoms with van der Waals surface area (Å²) in [7, 11) is 0. The van der Waals surface area contributed by atoms with E-state index in [1.807, 2.05) is 61.5 Å². The minimum Gasteiger partial charge on any atom is -0.490 e. The van der Waals surface area contributed by atoms with Gasteiger partial charge in [0.25, 0.3) is 0 Å². The summed E-state index contributed by atoms with van der Waals surface area (Å²) in [4.78, 5) is 15.7. The zero-order chi connectivity index (χ0) is 22.9. The molecule has 1 aliphatic rings. The van der Waals surface area contributed by atoms with Crippen LogP contribution in [0.2, 0.25) is 0 Å². The predicted molar refractivity (Wildman–Crippen MR) is 131 cm³/mol. The molecule has 0 spiro atoms. The number of nitrogens with zero attached hydrogens (tertiary/aromatic N) is 5. The van der Waals surface area contributed by atoms with Crippen LogP contribution in [0.25, 0.3) is 0 Å². The van der Waals surface area contributed by atoms with E-state index in [9.17, 15) is 0 Å². The number of hydrogen-bond donors (Lipinski definition) is 2. The number of hydrazone groups is 1. The molecule has 0 bridgehead atoms. The number of nitrogens with one attached hydrogen (secondary N) is 2. The quantitative estimate of drug-likeness (QED) is 0.374. The Bertz CT molecular complexity index is 1060. The van der Waals surface area contributed by atoms with Crippen molar-refractivity contribution >= 4 is 29.7 Å². The number of morpholine rings is 1. The average molecular weight is 448 g/mol. The molecule has 0 amide bonds. The average Bonchev–Trinajstić information content (AvgIpc) is 2.86. The number of hydrogen-bond acceptors (Lipinski definition) is 9. The van der Waals surface area contributed by atoms with E-state index in [4.69, 9.17) is 9.47 Å². The third-order valence-corrected chi connectivity index (χ3v) is 5.14. The maximum absolute atomic E-state index is 5.99. The molecule has 9 heteroatoms. The van der Waals surface area contributed by atoms with E-state index in [0.29, 0.717) is 31.1 Å². The van der Waals surface area contributed by atoms with Crippen LogP contribution in [0.3, 0.4) is 0 Å². The zero-order valence-electron chi connectivity index (χ0n) is 18.9. The van der Waals surface area contributed by atoms with Crippen LogP contribution in [0.5, 0.6) is 5.75 Å². The van der Waals surface area contributed by atoms with Crippen LogP contribution in [0, 0.1) is 0 Å². The predicted octanol–water partition coefficient (Wildman–Crippen LogP) is 4.08. The van der Waals surface area contributed by atoms with Crippen molar-refractivity contribution in [1.82, 2.24) is 15.0 Å². The highest BCUT2D eigenvalue weighted by Crippen LogP contribution is 2.20. The summed E-state index contributed by atoms with van der Waals surface area (Å²) in [6, 6.07) is 17.6. The van der Waals surface area contributed by atoms with Gasteiger partial charge in [-0.1, -0.05) is 37.3 Å². The Kier molecular flexibility index (Phi) is 7.65. The van der Waals surface area contributed by atoms with Crippen LogP contribution in [0.4, 0.5) is 23.5 Å². The topological polar surface area (TPSA) is 96.8 Å². The van der Waals surface area contributed by atoms with Gasteiger partial charge in [-0.2, -0.15) is 20.1 Å². The van der Waals surface area contributed by atoms with Gasteiger partial charge in [-0.3, -0.25) is 0 Å². The molecule has 1 aliphatic heterocycles. The van der Waals surface area contributed by atoms with Gasteiger partial charge >= 0.3 is 0 Å². The van der Waals surface area contributed by atoms with E-state index >= 15 is 0 Å². The molecule has 33 heavy (non-hydrogen) atoms. The van der Waals surface area contributed by atoms with Crippen molar-refractivity contribution in [2.75, 3.05) is 41.9 Å². The van der Waals surface area contributed by atoms with Gasteiger partial charge in [-0.15, -0.1) is 0 Å². The van der Waals surface area contributed by atoms with Crippen LogP contribution in [-0.4, -0.2) is 53.6 Å². The lowest BCUT2D eigenvalue weighted by molar-refractivity contribution is 0.122. The van der Waals surface area contributed by atoms with Crippen LogP contribution in [-0.2, 0) is 4.74 Å². The van der Waals surface area contributed by atoms with E-state index in [-0.39, 0.29) is 6.10 Å². The number of anilines is 4. The normalized spacial score (nSPS) is 14.8. The van der Waals surface area contributed by atoms with Crippen LogP contribution in [0.1, 0.15) is 25.8 Å². The van der Waals surface area contributed by atoms with Crippen molar-refractivity contribution in [3.8, 4) is 5.75 Å². The number of benzene rings is 2. The first-order chi connectivity index (χ1) is 16.2. The van der Waals surface area contributed by atoms with E-state index < -0.39 is 0 Å². The fourth-order valence-corrected chi connectivity index (χ4v) is 3.18. The van der Waals surface area contributed by atoms with Crippen molar-refractivity contribution < 1.29 is 9.47 Å². The van der Waals surface area contributed by atoms with Gasteiger partial charge in [0.1, 0.15) is 5.75 Å². The molecule has 0 aliphatic carbocycles. The van der Waals surface area contributed by atoms with E-state index in [1.165, 1.54) is 0 Å². The molecule has 2 heterocycles. The second kappa shape index (κ2) is 11.2. The molecule has 172 valence electrons. The van der Waals surface area contributed by atoms with E-state index in [2.05, 4.69) is 42.6 Å². The highest BCUT2D eigenvalue weighted by Gasteiger charge is 2.16. The Labute approximate surface area is 193 Å². The summed E-state index contributed by atoms with van der Waals surface area (Å²) < 4.78 is 11.5. The number of rotatable bonds is 9. The molecule has 1 aromatic heterocycles. The van der Waals surface area contributed by atoms with Gasteiger partial charge in [0, 0.05) is 24.3 Å². The summed E-state index contributed by atoms with van der Waals surface area (Å²) in [6.07, 6.45) is 2.76. The highest BCUT2D eigenvalue weighted by molar-refractivity contribution is 5.83. The summed E-state index contributed by atoms with van der Waals surface area (Å²) in [5.74, 6) is 2.15. The largest absolute Gasteiger partial charge is 0.490 e. The van der Waals surface area contributed by atoms with Crippen LogP contribution in [0.15, 0.2) is 59.7 Å². The minimum atomic E-state index is 0.124. The van der Waals surface area contributed by atoms with Gasteiger partial charge in [0.15, 0.2) is 0 Å². The second-order valence-electron chi connectivity index (χ2n) is 7.62. The Balaban J connectivity index is 1.54. The lowest BCUT2D eigenvalue weighted by atomic mass is 10.2. The first kappa shape index (κ1) is 22.5. The summed E-state index contributed by atoms with van der Waals surface area (Å²) >= 11 is 0. The Morgan fingerprint density at radius 2 is 1.76 bits per heavy atom. The standard InChI is InChI=1S/C24H29N7O2/c1-3-18(2)33-21-12-8-7-9-19(21)17-25-30-23-27-22(26-20-10-5-4-6-11-20)28-24(29-23)31-13-15-32-16-14-31/h4-12,17-18H,3,13-16H2,1-2H3,(H2,26,27,28,29,30)/b25-17-/t18-/m1/s1. The Hall–Kier alpha value is -3.72. The van der Waals surface area contributed by atoms with E-state index in [0.717, 1.165) is 36.5 Å². The lowest BCUT2D eigenvalue weighted by Gasteiger charge is -2.27. The van der Waals surface area contributed by atoms with Crippen molar-refractivity contribution in [3.05, 3.63) is 60.2 Å². The molecule has 9 nitrogen and oxygen atoms in total. The lowest BCUT2D eigenvalue weighted by Crippen LogP contribution is -2.37. The number of aromatic nitrogens is 3. The van der Waals surface area contributed by atoms with Crippen molar-refractivity contribution in [2.24, 2.45) is 5.10 Å². The maximum atomic E-state index is 5.99. The van der Waals surface area contributed by atoms with E-state index in [1.54, 1.807) is 6.21 Å². The van der Waals surface area contributed by atoms with Gasteiger partial charge in [-0.05, 0) is 37.6 Å². The van der Waals surface area contributed by atoms with Crippen molar-refractivity contribution in [3.63, 3.8) is 0 Å². The van der Waals surface area contributed by atoms with Gasteiger partial charge in [-0.25, -0.2) is 5.43 Å². The molecule has 0 unspecified atom stereocenters. The molecule has 1 fully saturated rings. The molecule has 4 rings (SSSR count). The minimum absolute atomic E-state index is 0.124. The summed E-state index contributed by atoms with van der Waals surface area (Å²) in [5.41, 5.74) is 4.71. The third-order valence-electron chi connectivity index (χ3n) is 5.14. The van der Waals surface area contributed by atoms with Gasteiger partial charge in [0.2, 0.25) is 17.8 Å². The fraction of sp³-hybridized carbons (Fsp3) is 0.333. The SMILES string of the molecule is CC[C@@H](C)Oc1ccccc1/C=N\Nc1nc(Nc2ccccc2)nc(N2CCOCC2)n1. The van der Waals surface area contributed by atoms with Gasteiger partial charge < -0.3 is 19.7 Å². The molecule has 2 N–H and O–H groups in total. The molecule has 1 atom stereocenters. The van der Waals surface area contributed by atoms with Gasteiger partial charge in [0.05, 0.1) is 25.5 Å². The fourth-order valence-electron chi connectivity index (χ4n) is 3.18. The number of ether oxygens (including phenoxy) is 2. The third kappa shape index (κ3) is 6.39.